The first-order valence-corrected chi connectivity index (χ1v) is 6.85. The zero-order chi connectivity index (χ0) is 14.7. The van der Waals surface area contributed by atoms with Gasteiger partial charge in [-0.15, -0.1) is 0 Å². The molecular weight excluding hydrogens is 266 g/mol. The summed E-state index contributed by atoms with van der Waals surface area (Å²) in [4.78, 5) is 2.17. The van der Waals surface area contributed by atoms with Crippen LogP contribution in [0.25, 0.3) is 0 Å². The molecule has 3 rings (SSSR count). The van der Waals surface area contributed by atoms with Crippen LogP contribution in [0, 0.1) is 13.8 Å². The minimum absolute atomic E-state index is 0.630. The average Bonchev–Trinajstić information content (AvgIpc) is 3.08. The van der Waals surface area contributed by atoms with Crippen molar-refractivity contribution in [1.29, 1.82) is 0 Å². The van der Waals surface area contributed by atoms with Crippen molar-refractivity contribution < 1.29 is 9.05 Å². The van der Waals surface area contributed by atoms with Gasteiger partial charge in [0.15, 0.2) is 11.5 Å². The van der Waals surface area contributed by atoms with Gasteiger partial charge < -0.3 is 13.9 Å². The van der Waals surface area contributed by atoms with Gasteiger partial charge in [-0.25, -0.2) is 0 Å². The molecule has 0 radical (unpaired) electrons. The van der Waals surface area contributed by atoms with Gasteiger partial charge >= 0.3 is 0 Å². The third kappa shape index (κ3) is 3.31. The molecule has 21 heavy (non-hydrogen) atoms. The predicted molar refractivity (Wildman–Crippen MR) is 78.8 cm³/mol. The fourth-order valence-electron chi connectivity index (χ4n) is 2.24. The zero-order valence-electron chi connectivity index (χ0n) is 12.1. The third-order valence-corrected chi connectivity index (χ3v) is 3.17. The van der Waals surface area contributed by atoms with E-state index in [1.807, 2.05) is 44.2 Å². The first kappa shape index (κ1) is 13.4. The zero-order valence-corrected chi connectivity index (χ0v) is 12.1. The van der Waals surface area contributed by atoms with E-state index in [9.17, 15) is 0 Å². The van der Waals surface area contributed by atoms with Crippen molar-refractivity contribution in [3.05, 3.63) is 65.4 Å². The van der Waals surface area contributed by atoms with Crippen LogP contribution in [0.3, 0.4) is 0 Å². The minimum Gasteiger partial charge on any atom is -0.359 e. The molecule has 0 atom stereocenters. The number of hydrogen-bond donors (Lipinski definition) is 0. The Balaban J connectivity index is 1.83. The van der Waals surface area contributed by atoms with Gasteiger partial charge in [-0.2, -0.15) is 0 Å². The third-order valence-electron chi connectivity index (χ3n) is 3.17. The van der Waals surface area contributed by atoms with Gasteiger partial charge in [0.25, 0.3) is 0 Å². The molecule has 1 aromatic carbocycles. The van der Waals surface area contributed by atoms with Crippen molar-refractivity contribution >= 4 is 5.69 Å². The highest BCUT2D eigenvalue weighted by Crippen LogP contribution is 2.20. The smallest absolute Gasteiger partial charge is 0.156 e. The van der Waals surface area contributed by atoms with Crippen LogP contribution in [0.1, 0.15) is 22.9 Å². The molecule has 108 valence electrons. The Morgan fingerprint density at radius 1 is 0.857 bits per heavy atom. The molecule has 0 fully saturated rings. The normalized spacial score (nSPS) is 10.8. The molecule has 0 aliphatic rings. The lowest BCUT2D eigenvalue weighted by Gasteiger charge is -2.22. The average molecular weight is 283 g/mol. The summed E-state index contributed by atoms with van der Waals surface area (Å²) in [7, 11) is 0. The van der Waals surface area contributed by atoms with E-state index in [4.69, 9.17) is 9.05 Å². The Morgan fingerprint density at radius 2 is 1.38 bits per heavy atom. The van der Waals surface area contributed by atoms with Crippen molar-refractivity contribution in [3.8, 4) is 0 Å². The van der Waals surface area contributed by atoms with Gasteiger partial charge in [-0.05, 0) is 26.0 Å². The second kappa shape index (κ2) is 5.83. The van der Waals surface area contributed by atoms with Crippen LogP contribution in [-0.2, 0) is 13.1 Å². The van der Waals surface area contributed by atoms with Gasteiger partial charge in [0.2, 0.25) is 0 Å². The molecule has 0 unspecified atom stereocenters. The van der Waals surface area contributed by atoms with E-state index in [2.05, 4.69) is 27.3 Å². The van der Waals surface area contributed by atoms with Crippen molar-refractivity contribution in [2.45, 2.75) is 26.9 Å². The van der Waals surface area contributed by atoms with Gasteiger partial charge in [0.1, 0.15) is 0 Å². The van der Waals surface area contributed by atoms with Crippen LogP contribution in [0.15, 0.2) is 51.5 Å². The standard InChI is InChI=1S/C16H17N3O2/c1-12-8-15(20-17-12)10-19(14-6-4-3-5-7-14)11-16-9-13(2)18-21-16/h3-9H,10-11H2,1-2H3. The molecule has 2 aromatic heterocycles. The van der Waals surface area contributed by atoms with Gasteiger partial charge in [-0.1, -0.05) is 28.5 Å². The molecule has 0 spiro atoms. The first-order valence-electron chi connectivity index (χ1n) is 6.85. The summed E-state index contributed by atoms with van der Waals surface area (Å²) in [6.07, 6.45) is 0. The number of nitrogens with zero attached hydrogens (tertiary/aromatic N) is 3. The molecule has 0 saturated heterocycles. The lowest BCUT2D eigenvalue weighted by atomic mass is 10.2. The van der Waals surface area contributed by atoms with Gasteiger partial charge in [-0.3, -0.25) is 0 Å². The SMILES string of the molecule is Cc1cc(CN(Cc2cc(C)no2)c2ccccc2)on1. The quantitative estimate of drug-likeness (QED) is 0.717. The monoisotopic (exact) mass is 283 g/mol. The fraction of sp³-hybridized carbons (Fsp3) is 0.250. The summed E-state index contributed by atoms with van der Waals surface area (Å²) in [6, 6.07) is 14.0. The highest BCUT2D eigenvalue weighted by atomic mass is 16.5. The van der Waals surface area contributed by atoms with Gasteiger partial charge in [0.05, 0.1) is 24.5 Å². The Morgan fingerprint density at radius 3 is 1.81 bits per heavy atom. The Bertz CT molecular complexity index is 661. The number of aryl methyl sites for hydroxylation is 2. The van der Waals surface area contributed by atoms with Crippen molar-refractivity contribution in [2.24, 2.45) is 0 Å². The fourth-order valence-corrected chi connectivity index (χ4v) is 2.24. The highest BCUT2D eigenvalue weighted by Gasteiger charge is 2.13. The molecule has 0 bridgehead atoms. The first-order chi connectivity index (χ1) is 10.2. The molecule has 0 saturated carbocycles. The van der Waals surface area contributed by atoms with E-state index in [1.54, 1.807) is 0 Å². The van der Waals surface area contributed by atoms with E-state index >= 15 is 0 Å². The summed E-state index contributed by atoms with van der Waals surface area (Å²) in [6.45, 7) is 5.09. The van der Waals surface area contributed by atoms with E-state index in [1.165, 1.54) is 0 Å². The van der Waals surface area contributed by atoms with Crippen LogP contribution in [0.2, 0.25) is 0 Å². The van der Waals surface area contributed by atoms with E-state index in [-0.39, 0.29) is 0 Å². The number of benzene rings is 1. The van der Waals surface area contributed by atoms with E-state index < -0.39 is 0 Å². The van der Waals surface area contributed by atoms with Crippen LogP contribution in [0.4, 0.5) is 5.69 Å². The summed E-state index contributed by atoms with van der Waals surface area (Å²) in [5.74, 6) is 1.65. The minimum atomic E-state index is 0.630. The lowest BCUT2D eigenvalue weighted by Crippen LogP contribution is -2.21. The maximum Gasteiger partial charge on any atom is 0.156 e. The molecule has 0 aliphatic carbocycles. The summed E-state index contributed by atoms with van der Waals surface area (Å²) in [5.41, 5.74) is 2.86. The predicted octanol–water partition coefficient (Wildman–Crippen LogP) is 3.49. The van der Waals surface area contributed by atoms with Crippen molar-refractivity contribution in [2.75, 3.05) is 4.90 Å². The molecule has 0 N–H and O–H groups in total. The molecule has 0 aliphatic heterocycles. The van der Waals surface area contributed by atoms with Crippen LogP contribution >= 0.6 is 0 Å². The van der Waals surface area contributed by atoms with Crippen LogP contribution < -0.4 is 4.90 Å². The molecule has 5 heteroatoms. The summed E-state index contributed by atoms with van der Waals surface area (Å²) in [5, 5.41) is 7.87. The molecular formula is C16H17N3O2. The summed E-state index contributed by atoms with van der Waals surface area (Å²) < 4.78 is 10.6. The molecule has 5 nitrogen and oxygen atoms in total. The number of para-hydroxylation sites is 1. The Kier molecular flexibility index (Phi) is 3.73. The van der Waals surface area contributed by atoms with Crippen LogP contribution in [-0.4, -0.2) is 10.3 Å². The van der Waals surface area contributed by atoms with Crippen molar-refractivity contribution in [1.82, 2.24) is 10.3 Å². The topological polar surface area (TPSA) is 55.3 Å². The molecule has 3 aromatic rings. The highest BCUT2D eigenvalue weighted by molar-refractivity contribution is 5.46. The van der Waals surface area contributed by atoms with Crippen molar-refractivity contribution in [3.63, 3.8) is 0 Å². The molecule has 0 amide bonds. The Hall–Kier alpha value is -2.56. The second-order valence-corrected chi connectivity index (χ2v) is 5.06. The number of rotatable bonds is 5. The second-order valence-electron chi connectivity index (χ2n) is 5.06. The lowest BCUT2D eigenvalue weighted by molar-refractivity contribution is 0.362. The van der Waals surface area contributed by atoms with Gasteiger partial charge in [0, 0.05) is 17.8 Å². The maximum atomic E-state index is 5.32. The van der Waals surface area contributed by atoms with Crippen LogP contribution in [0.5, 0.6) is 0 Å². The number of aromatic nitrogens is 2. The Labute approximate surface area is 123 Å². The molecule has 2 heterocycles. The van der Waals surface area contributed by atoms with E-state index in [0.717, 1.165) is 28.6 Å². The largest absolute Gasteiger partial charge is 0.359 e. The number of hydrogen-bond acceptors (Lipinski definition) is 5. The number of anilines is 1. The summed E-state index contributed by atoms with van der Waals surface area (Å²) >= 11 is 0. The van der Waals surface area contributed by atoms with E-state index in [0.29, 0.717) is 13.1 Å². The maximum absolute atomic E-state index is 5.32.